The van der Waals surface area contributed by atoms with Crippen molar-refractivity contribution in [1.82, 2.24) is 5.32 Å². The van der Waals surface area contributed by atoms with Crippen LogP contribution < -0.4 is 11.1 Å². The third-order valence-electron chi connectivity index (χ3n) is 5.72. The van der Waals surface area contributed by atoms with Crippen LogP contribution in [0.5, 0.6) is 0 Å². The summed E-state index contributed by atoms with van der Waals surface area (Å²) in [6, 6.07) is 0. The zero-order valence-corrected chi connectivity index (χ0v) is 13.9. The van der Waals surface area contributed by atoms with Gasteiger partial charge in [0.25, 0.3) is 0 Å². The maximum Gasteiger partial charge on any atom is 0.000811 e. The van der Waals surface area contributed by atoms with Crippen LogP contribution in [-0.4, -0.2) is 19.6 Å². The second-order valence-electron chi connectivity index (χ2n) is 7.44. The summed E-state index contributed by atoms with van der Waals surface area (Å²) in [5.41, 5.74) is 6.24. The first-order valence-corrected chi connectivity index (χ1v) is 8.20. The number of hydrogen-bond acceptors (Lipinski definition) is 2. The fourth-order valence-electron chi connectivity index (χ4n) is 5.43. The van der Waals surface area contributed by atoms with Crippen LogP contribution in [0, 0.1) is 23.2 Å². The monoisotopic (exact) mass is 330 g/mol. The molecule has 0 unspecified atom stereocenters. The summed E-state index contributed by atoms with van der Waals surface area (Å²) in [4.78, 5) is 0. The molecule has 0 aromatic rings. The van der Waals surface area contributed by atoms with Crippen molar-refractivity contribution in [3.8, 4) is 0 Å². The number of rotatable bonds is 7. The van der Waals surface area contributed by atoms with Gasteiger partial charge in [0.15, 0.2) is 0 Å². The lowest BCUT2D eigenvalue weighted by molar-refractivity contribution is -0.0512. The lowest BCUT2D eigenvalue weighted by atomic mass is 9.49. The maximum absolute atomic E-state index is 5.53. The van der Waals surface area contributed by atoms with Gasteiger partial charge in [-0.15, -0.1) is 17.0 Å². The van der Waals surface area contributed by atoms with E-state index in [-0.39, 0.29) is 17.0 Å². The summed E-state index contributed by atoms with van der Waals surface area (Å²) in [5.74, 6) is 3.28. The molecule has 0 saturated heterocycles. The van der Waals surface area contributed by atoms with Crippen LogP contribution in [-0.2, 0) is 0 Å². The van der Waals surface area contributed by atoms with Crippen molar-refractivity contribution in [1.29, 1.82) is 0 Å². The van der Waals surface area contributed by atoms with E-state index in [2.05, 4.69) is 5.32 Å². The van der Waals surface area contributed by atoms with E-state index in [0.717, 1.165) is 24.3 Å². The van der Waals surface area contributed by atoms with Gasteiger partial charge in [-0.3, -0.25) is 0 Å². The zero-order valence-electron chi connectivity index (χ0n) is 12.2. The molecule has 0 aromatic carbocycles. The number of nitrogens with one attached hydrogen (secondary N) is 1. The first-order valence-electron chi connectivity index (χ1n) is 8.20. The Morgan fingerprint density at radius 3 is 2.00 bits per heavy atom. The molecule has 4 fully saturated rings. The third kappa shape index (κ3) is 3.74. The predicted molar refractivity (Wildman–Crippen MR) is 86.7 cm³/mol. The Labute approximate surface area is 129 Å². The van der Waals surface area contributed by atoms with Gasteiger partial charge in [-0.25, -0.2) is 0 Å². The largest absolute Gasteiger partial charge is 0.330 e. The highest BCUT2D eigenvalue weighted by molar-refractivity contribution is 8.93. The van der Waals surface area contributed by atoms with Gasteiger partial charge >= 0.3 is 0 Å². The Morgan fingerprint density at radius 1 is 0.895 bits per heavy atom. The van der Waals surface area contributed by atoms with E-state index in [1.54, 1.807) is 19.3 Å². The molecule has 4 saturated carbocycles. The molecule has 0 heterocycles. The highest BCUT2D eigenvalue weighted by Crippen LogP contribution is 2.59. The summed E-state index contributed by atoms with van der Waals surface area (Å²) in [5, 5.41) is 3.76. The number of nitrogens with two attached hydrogens (primary N) is 1. The third-order valence-corrected chi connectivity index (χ3v) is 5.72. The van der Waals surface area contributed by atoms with Crippen molar-refractivity contribution >= 4 is 17.0 Å². The molecule has 4 aliphatic carbocycles. The van der Waals surface area contributed by atoms with E-state index >= 15 is 0 Å². The lowest BCUT2D eigenvalue weighted by Gasteiger charge is -2.57. The molecule has 112 valence electrons. The fourth-order valence-corrected chi connectivity index (χ4v) is 5.43. The molecule has 4 rings (SSSR count). The molecule has 0 amide bonds. The second-order valence-corrected chi connectivity index (χ2v) is 7.44. The van der Waals surface area contributed by atoms with Crippen LogP contribution in [0.3, 0.4) is 0 Å². The molecule has 0 aliphatic heterocycles. The molecule has 2 nitrogen and oxygen atoms in total. The average Bonchev–Trinajstić information content (AvgIpc) is 2.32. The molecule has 3 heteroatoms. The first-order chi connectivity index (χ1) is 8.80. The average molecular weight is 331 g/mol. The van der Waals surface area contributed by atoms with Crippen molar-refractivity contribution in [3.63, 3.8) is 0 Å². The normalized spacial score (nSPS) is 39.3. The first kappa shape index (κ1) is 15.8. The van der Waals surface area contributed by atoms with Gasteiger partial charge in [-0.1, -0.05) is 6.42 Å². The lowest BCUT2D eigenvalue weighted by Crippen LogP contribution is -2.50. The van der Waals surface area contributed by atoms with Gasteiger partial charge < -0.3 is 11.1 Å². The standard InChI is InChI=1S/C16H30N2.BrH/c17-4-2-1-3-5-18-12-16-9-13-6-14(10-16)8-15(7-13)11-16;/h13-15,18H,1-12,17H2;1H. The quantitative estimate of drug-likeness (QED) is 0.701. The fraction of sp³-hybridized carbons (Fsp3) is 1.00. The molecule has 4 aliphatic rings. The Bertz CT molecular complexity index is 245. The Balaban J connectivity index is 0.00000133. The summed E-state index contributed by atoms with van der Waals surface area (Å²) >= 11 is 0. The summed E-state index contributed by atoms with van der Waals surface area (Å²) in [6.45, 7) is 3.37. The molecular weight excluding hydrogens is 300 g/mol. The predicted octanol–water partition coefficient (Wildman–Crippen LogP) is 3.50. The van der Waals surface area contributed by atoms with E-state index in [0.29, 0.717) is 5.41 Å². The van der Waals surface area contributed by atoms with Crippen LogP contribution in [0.4, 0.5) is 0 Å². The number of halogens is 1. The molecule has 19 heavy (non-hydrogen) atoms. The maximum atomic E-state index is 5.53. The van der Waals surface area contributed by atoms with Gasteiger partial charge in [0.2, 0.25) is 0 Å². The van der Waals surface area contributed by atoms with Crippen molar-refractivity contribution in [2.45, 2.75) is 57.8 Å². The van der Waals surface area contributed by atoms with E-state index in [4.69, 9.17) is 5.73 Å². The van der Waals surface area contributed by atoms with Crippen LogP contribution >= 0.6 is 17.0 Å². The summed E-state index contributed by atoms with van der Waals surface area (Å²) < 4.78 is 0. The zero-order chi connectivity index (χ0) is 12.4. The minimum Gasteiger partial charge on any atom is -0.330 e. The minimum absolute atomic E-state index is 0. The van der Waals surface area contributed by atoms with Gasteiger partial charge in [-0.05, 0) is 87.6 Å². The smallest absolute Gasteiger partial charge is 0.000811 e. The van der Waals surface area contributed by atoms with E-state index in [1.165, 1.54) is 51.6 Å². The summed E-state index contributed by atoms with van der Waals surface area (Å²) in [6.07, 6.45) is 13.1. The van der Waals surface area contributed by atoms with Crippen LogP contribution in [0.2, 0.25) is 0 Å². The van der Waals surface area contributed by atoms with Crippen LogP contribution in [0.25, 0.3) is 0 Å². The molecule has 4 bridgehead atoms. The topological polar surface area (TPSA) is 38.0 Å². The highest BCUT2D eigenvalue weighted by atomic mass is 79.9. The molecule has 3 N–H and O–H groups in total. The second kappa shape index (κ2) is 6.91. The number of unbranched alkanes of at least 4 members (excludes halogenated alkanes) is 2. The van der Waals surface area contributed by atoms with E-state index in [1.807, 2.05) is 0 Å². The van der Waals surface area contributed by atoms with Gasteiger partial charge in [-0.2, -0.15) is 0 Å². The molecule has 0 aromatic heterocycles. The summed E-state index contributed by atoms with van der Waals surface area (Å²) in [7, 11) is 0. The van der Waals surface area contributed by atoms with E-state index < -0.39 is 0 Å². The molecule has 0 spiro atoms. The Hall–Kier alpha value is 0.400. The molecule has 0 radical (unpaired) electrons. The molecular formula is C16H31BrN2. The Kier molecular flexibility index (Phi) is 5.74. The van der Waals surface area contributed by atoms with Crippen molar-refractivity contribution in [2.24, 2.45) is 28.9 Å². The SMILES string of the molecule is Br.NCCCCCNCC12CC3CC(CC(C3)C1)C2. The van der Waals surface area contributed by atoms with Gasteiger partial charge in [0, 0.05) is 6.54 Å². The van der Waals surface area contributed by atoms with E-state index in [9.17, 15) is 0 Å². The van der Waals surface area contributed by atoms with Crippen molar-refractivity contribution in [2.75, 3.05) is 19.6 Å². The number of hydrogen-bond donors (Lipinski definition) is 2. The van der Waals surface area contributed by atoms with Gasteiger partial charge in [0.1, 0.15) is 0 Å². The Morgan fingerprint density at radius 2 is 1.47 bits per heavy atom. The van der Waals surface area contributed by atoms with Crippen molar-refractivity contribution < 1.29 is 0 Å². The highest BCUT2D eigenvalue weighted by Gasteiger charge is 2.50. The van der Waals surface area contributed by atoms with Crippen LogP contribution in [0.15, 0.2) is 0 Å². The molecule has 0 atom stereocenters. The minimum atomic E-state index is 0. The van der Waals surface area contributed by atoms with Crippen LogP contribution in [0.1, 0.15) is 57.8 Å². The van der Waals surface area contributed by atoms with Crippen molar-refractivity contribution in [3.05, 3.63) is 0 Å². The van der Waals surface area contributed by atoms with Gasteiger partial charge in [0.05, 0.1) is 0 Å².